The minimum absolute atomic E-state index is 0.121. The summed E-state index contributed by atoms with van der Waals surface area (Å²) in [5, 5.41) is 5.78. The summed E-state index contributed by atoms with van der Waals surface area (Å²) in [4.78, 5) is 26.4. The van der Waals surface area contributed by atoms with E-state index in [0.29, 0.717) is 17.7 Å². The fraction of sp³-hybridized carbons (Fsp3) is 0.176. The number of amides is 2. The van der Waals surface area contributed by atoms with Crippen LogP contribution in [-0.4, -0.2) is 24.4 Å². The molecule has 1 aliphatic heterocycles. The van der Waals surface area contributed by atoms with Crippen molar-refractivity contribution in [3.8, 4) is 0 Å². The standard InChI is InChI=1S/C17H16N2O2S/c1-11-10-18-16(20)12-6-2-4-8-14(12)22-15-9-5-3-7-13(15)17(21)19-11/h2-9,11H,10H2,1H3,(H,18,20)(H,19,21). The quantitative estimate of drug-likeness (QED) is 0.786. The van der Waals surface area contributed by atoms with Gasteiger partial charge in [0.1, 0.15) is 0 Å². The van der Waals surface area contributed by atoms with Crippen LogP contribution in [0.4, 0.5) is 0 Å². The van der Waals surface area contributed by atoms with Gasteiger partial charge in [-0.2, -0.15) is 0 Å². The number of rotatable bonds is 0. The summed E-state index contributed by atoms with van der Waals surface area (Å²) >= 11 is 1.44. The second-order valence-corrected chi connectivity index (χ2v) is 6.26. The van der Waals surface area contributed by atoms with Crippen molar-refractivity contribution in [1.29, 1.82) is 0 Å². The molecule has 5 heteroatoms. The normalized spacial score (nSPS) is 18.3. The summed E-state index contributed by atoms with van der Waals surface area (Å²) in [5.74, 6) is -0.243. The Morgan fingerprint density at radius 2 is 1.45 bits per heavy atom. The van der Waals surface area contributed by atoms with Crippen LogP contribution in [0.2, 0.25) is 0 Å². The Morgan fingerprint density at radius 3 is 2.09 bits per heavy atom. The van der Waals surface area contributed by atoms with Crippen molar-refractivity contribution in [2.45, 2.75) is 22.8 Å². The molecule has 1 unspecified atom stereocenters. The highest BCUT2D eigenvalue weighted by atomic mass is 32.2. The Labute approximate surface area is 133 Å². The smallest absolute Gasteiger partial charge is 0.252 e. The molecule has 0 saturated carbocycles. The van der Waals surface area contributed by atoms with Gasteiger partial charge in [-0.1, -0.05) is 36.0 Å². The van der Waals surface area contributed by atoms with E-state index in [0.717, 1.165) is 9.79 Å². The molecule has 0 aromatic heterocycles. The molecule has 22 heavy (non-hydrogen) atoms. The van der Waals surface area contributed by atoms with E-state index in [1.165, 1.54) is 11.8 Å². The first-order valence-corrected chi connectivity index (χ1v) is 7.92. The van der Waals surface area contributed by atoms with Crippen LogP contribution in [0, 0.1) is 0 Å². The van der Waals surface area contributed by atoms with Crippen molar-refractivity contribution in [3.05, 3.63) is 59.7 Å². The van der Waals surface area contributed by atoms with Gasteiger partial charge in [0.15, 0.2) is 0 Å². The largest absolute Gasteiger partial charge is 0.350 e. The van der Waals surface area contributed by atoms with Crippen LogP contribution < -0.4 is 10.6 Å². The lowest BCUT2D eigenvalue weighted by Gasteiger charge is -2.14. The van der Waals surface area contributed by atoms with Crippen LogP contribution in [0.3, 0.4) is 0 Å². The molecule has 1 heterocycles. The molecular formula is C17H16N2O2S. The Balaban J connectivity index is 2.10. The van der Waals surface area contributed by atoms with Gasteiger partial charge in [0, 0.05) is 22.4 Å². The first-order chi connectivity index (χ1) is 10.6. The highest BCUT2D eigenvalue weighted by Crippen LogP contribution is 2.33. The van der Waals surface area contributed by atoms with Crippen LogP contribution in [0.15, 0.2) is 58.3 Å². The van der Waals surface area contributed by atoms with E-state index in [9.17, 15) is 9.59 Å². The second kappa shape index (κ2) is 6.23. The van der Waals surface area contributed by atoms with Gasteiger partial charge in [0.2, 0.25) is 0 Å². The molecule has 0 saturated heterocycles. The molecule has 0 radical (unpaired) electrons. The highest BCUT2D eigenvalue weighted by Gasteiger charge is 2.19. The van der Waals surface area contributed by atoms with Crippen molar-refractivity contribution in [2.24, 2.45) is 0 Å². The lowest BCUT2D eigenvalue weighted by Crippen LogP contribution is -2.41. The third-order valence-electron chi connectivity index (χ3n) is 3.43. The van der Waals surface area contributed by atoms with Crippen LogP contribution in [-0.2, 0) is 0 Å². The molecule has 2 aromatic rings. The molecule has 3 rings (SSSR count). The molecule has 0 spiro atoms. The number of hydrogen-bond donors (Lipinski definition) is 2. The zero-order valence-electron chi connectivity index (χ0n) is 12.1. The summed E-state index contributed by atoms with van der Waals surface area (Å²) in [6.07, 6.45) is 0. The van der Waals surface area contributed by atoms with E-state index in [4.69, 9.17) is 0 Å². The van der Waals surface area contributed by atoms with E-state index in [1.54, 1.807) is 12.1 Å². The summed E-state index contributed by atoms with van der Waals surface area (Å²) < 4.78 is 0. The molecular weight excluding hydrogens is 296 g/mol. The third kappa shape index (κ3) is 2.99. The lowest BCUT2D eigenvalue weighted by atomic mass is 10.2. The highest BCUT2D eigenvalue weighted by molar-refractivity contribution is 7.99. The average molecular weight is 312 g/mol. The Bertz CT molecular complexity index is 730. The first kappa shape index (κ1) is 14.7. The minimum atomic E-state index is -0.139. The monoisotopic (exact) mass is 312 g/mol. The number of hydrogen-bond acceptors (Lipinski definition) is 3. The summed E-state index contributed by atoms with van der Waals surface area (Å²) in [5.41, 5.74) is 1.26. The molecule has 0 fully saturated rings. The van der Waals surface area contributed by atoms with Crippen molar-refractivity contribution in [2.75, 3.05) is 6.54 Å². The van der Waals surface area contributed by atoms with Crippen LogP contribution in [0.25, 0.3) is 0 Å². The maximum absolute atomic E-state index is 12.4. The zero-order valence-corrected chi connectivity index (χ0v) is 12.9. The fourth-order valence-corrected chi connectivity index (χ4v) is 3.37. The van der Waals surface area contributed by atoms with Gasteiger partial charge in [-0.05, 0) is 31.2 Å². The molecule has 1 aliphatic rings. The predicted molar refractivity (Wildman–Crippen MR) is 86.3 cm³/mol. The zero-order chi connectivity index (χ0) is 15.5. The van der Waals surface area contributed by atoms with Crippen molar-refractivity contribution in [1.82, 2.24) is 10.6 Å². The van der Waals surface area contributed by atoms with Gasteiger partial charge >= 0.3 is 0 Å². The van der Waals surface area contributed by atoms with Crippen molar-refractivity contribution in [3.63, 3.8) is 0 Å². The van der Waals surface area contributed by atoms with E-state index >= 15 is 0 Å². The predicted octanol–water partition coefficient (Wildman–Crippen LogP) is 2.70. The summed E-state index contributed by atoms with van der Waals surface area (Å²) in [6.45, 7) is 2.27. The number of nitrogens with one attached hydrogen (secondary N) is 2. The van der Waals surface area contributed by atoms with Crippen LogP contribution in [0.5, 0.6) is 0 Å². The molecule has 0 bridgehead atoms. The molecule has 2 N–H and O–H groups in total. The maximum Gasteiger partial charge on any atom is 0.252 e. The Kier molecular flexibility index (Phi) is 4.15. The lowest BCUT2D eigenvalue weighted by molar-refractivity contribution is 0.0910. The Morgan fingerprint density at radius 1 is 0.909 bits per heavy atom. The van der Waals surface area contributed by atoms with E-state index in [-0.39, 0.29) is 17.9 Å². The first-order valence-electron chi connectivity index (χ1n) is 7.10. The maximum atomic E-state index is 12.4. The molecule has 0 aliphatic carbocycles. The Hall–Kier alpha value is -2.27. The molecule has 112 valence electrons. The van der Waals surface area contributed by atoms with E-state index in [1.807, 2.05) is 43.3 Å². The van der Waals surface area contributed by atoms with Crippen LogP contribution in [0.1, 0.15) is 27.6 Å². The molecule has 1 atom stereocenters. The molecule has 2 amide bonds. The van der Waals surface area contributed by atoms with Gasteiger partial charge in [0.05, 0.1) is 11.1 Å². The van der Waals surface area contributed by atoms with Crippen LogP contribution >= 0.6 is 11.8 Å². The van der Waals surface area contributed by atoms with Gasteiger partial charge in [-0.15, -0.1) is 0 Å². The fourth-order valence-electron chi connectivity index (χ4n) is 2.30. The van der Waals surface area contributed by atoms with Gasteiger partial charge in [-0.25, -0.2) is 0 Å². The SMILES string of the molecule is CC1CNC(=O)c2ccccc2Sc2ccccc2C(=O)N1. The minimum Gasteiger partial charge on any atom is -0.350 e. The number of fused-ring (bicyclic) bond motifs is 2. The number of carbonyl (C=O) groups is 2. The number of carbonyl (C=O) groups excluding carboxylic acids is 2. The molecule has 4 nitrogen and oxygen atoms in total. The van der Waals surface area contributed by atoms with E-state index < -0.39 is 0 Å². The molecule has 2 aromatic carbocycles. The summed E-state index contributed by atoms with van der Waals surface area (Å²) in [6, 6.07) is 14.7. The second-order valence-electron chi connectivity index (χ2n) is 5.18. The van der Waals surface area contributed by atoms with Gasteiger partial charge in [-0.3, -0.25) is 9.59 Å². The van der Waals surface area contributed by atoms with Gasteiger partial charge in [0.25, 0.3) is 11.8 Å². The average Bonchev–Trinajstić information content (AvgIpc) is 2.54. The van der Waals surface area contributed by atoms with E-state index in [2.05, 4.69) is 10.6 Å². The third-order valence-corrected chi connectivity index (χ3v) is 4.58. The summed E-state index contributed by atoms with van der Waals surface area (Å²) in [7, 11) is 0. The van der Waals surface area contributed by atoms with Crippen molar-refractivity contribution < 1.29 is 9.59 Å². The van der Waals surface area contributed by atoms with Gasteiger partial charge < -0.3 is 10.6 Å². The van der Waals surface area contributed by atoms with Crippen molar-refractivity contribution >= 4 is 23.6 Å². The topological polar surface area (TPSA) is 58.2 Å². The number of benzene rings is 2.